The van der Waals surface area contributed by atoms with Crippen molar-refractivity contribution in [2.45, 2.75) is 12.3 Å². The summed E-state index contributed by atoms with van der Waals surface area (Å²) in [5.74, 6) is 0.936. The fourth-order valence-electron chi connectivity index (χ4n) is 4.04. The molecule has 1 unspecified atom stereocenters. The Morgan fingerprint density at radius 2 is 2.00 bits per heavy atom. The molecule has 146 valence electrons. The fraction of sp³-hybridized carbons (Fsp3) is 0.364. The van der Waals surface area contributed by atoms with Gasteiger partial charge in [-0.2, -0.15) is 0 Å². The highest BCUT2D eigenvalue weighted by Gasteiger charge is 2.31. The quantitative estimate of drug-likeness (QED) is 0.885. The van der Waals surface area contributed by atoms with E-state index in [2.05, 4.69) is 5.32 Å². The lowest BCUT2D eigenvalue weighted by Crippen LogP contribution is -2.52. The molecule has 0 saturated carbocycles. The number of nitrogens with one attached hydrogen (secondary N) is 1. The first kappa shape index (κ1) is 18.5. The number of piperazine rings is 1. The van der Waals surface area contributed by atoms with Gasteiger partial charge in [-0.3, -0.25) is 9.59 Å². The summed E-state index contributed by atoms with van der Waals surface area (Å²) in [4.78, 5) is 29.3. The Morgan fingerprint density at radius 3 is 2.75 bits per heavy atom. The van der Waals surface area contributed by atoms with Crippen molar-refractivity contribution in [3.63, 3.8) is 0 Å². The third-order valence-corrected chi connectivity index (χ3v) is 5.56. The van der Waals surface area contributed by atoms with Gasteiger partial charge in [0.2, 0.25) is 5.91 Å². The molecule has 1 atom stereocenters. The molecule has 0 bridgehead atoms. The summed E-state index contributed by atoms with van der Waals surface area (Å²) < 4.78 is 5.25. The summed E-state index contributed by atoms with van der Waals surface area (Å²) in [6.45, 7) is 2.95. The zero-order chi connectivity index (χ0) is 19.5. The van der Waals surface area contributed by atoms with Crippen molar-refractivity contribution in [3.8, 4) is 5.75 Å². The third-order valence-electron chi connectivity index (χ3n) is 5.56. The largest absolute Gasteiger partial charge is 0.497 e. The maximum atomic E-state index is 13.2. The predicted molar refractivity (Wildman–Crippen MR) is 108 cm³/mol. The minimum absolute atomic E-state index is 0.0545. The van der Waals surface area contributed by atoms with Crippen LogP contribution in [0.4, 0.5) is 5.69 Å². The first-order valence-corrected chi connectivity index (χ1v) is 9.70. The molecular weight excluding hydrogens is 354 g/mol. The summed E-state index contributed by atoms with van der Waals surface area (Å²) >= 11 is 0. The standard InChI is InChI=1S/C22H25N3O3/c1-28-18-6-4-5-17(13-18)25-12-11-24(15-21(25)26)22(27)20-8-3-2-7-19(20)16-9-10-23-14-16/h2-8,13,16,23H,9-12,14-15H2,1H3. The van der Waals surface area contributed by atoms with Gasteiger partial charge in [0, 0.05) is 37.0 Å². The summed E-state index contributed by atoms with van der Waals surface area (Å²) in [5.41, 5.74) is 2.60. The molecule has 0 aliphatic carbocycles. The predicted octanol–water partition coefficient (Wildman–Crippen LogP) is 2.26. The Kier molecular flexibility index (Phi) is 5.30. The molecule has 2 saturated heterocycles. The second-order valence-corrected chi connectivity index (χ2v) is 7.25. The molecule has 2 amide bonds. The molecule has 2 aromatic carbocycles. The van der Waals surface area contributed by atoms with Crippen LogP contribution in [0.3, 0.4) is 0 Å². The topological polar surface area (TPSA) is 61.9 Å². The number of hydrogen-bond acceptors (Lipinski definition) is 4. The van der Waals surface area contributed by atoms with E-state index in [9.17, 15) is 9.59 Å². The molecule has 2 aliphatic heterocycles. The number of amides is 2. The summed E-state index contributed by atoms with van der Waals surface area (Å²) in [6.07, 6.45) is 1.03. The van der Waals surface area contributed by atoms with Crippen molar-refractivity contribution in [3.05, 3.63) is 59.7 Å². The Balaban J connectivity index is 1.50. The molecule has 2 fully saturated rings. The average molecular weight is 379 g/mol. The number of benzene rings is 2. The number of anilines is 1. The minimum atomic E-state index is -0.0760. The Morgan fingerprint density at radius 1 is 1.14 bits per heavy atom. The monoisotopic (exact) mass is 379 g/mol. The fourth-order valence-corrected chi connectivity index (χ4v) is 4.04. The van der Waals surface area contributed by atoms with E-state index in [0.717, 1.165) is 36.3 Å². The van der Waals surface area contributed by atoms with Crippen LogP contribution in [-0.4, -0.2) is 56.5 Å². The van der Waals surface area contributed by atoms with Gasteiger partial charge in [0.15, 0.2) is 0 Å². The Bertz CT molecular complexity index is 877. The maximum Gasteiger partial charge on any atom is 0.254 e. The van der Waals surface area contributed by atoms with Gasteiger partial charge in [-0.05, 0) is 42.6 Å². The molecule has 2 aliphatic rings. The van der Waals surface area contributed by atoms with Gasteiger partial charge in [0.05, 0.1) is 7.11 Å². The molecule has 4 rings (SSSR count). The van der Waals surface area contributed by atoms with Crippen molar-refractivity contribution in [2.75, 3.05) is 44.7 Å². The first-order chi connectivity index (χ1) is 13.7. The van der Waals surface area contributed by atoms with Gasteiger partial charge in [0.1, 0.15) is 12.3 Å². The van der Waals surface area contributed by atoms with Crippen LogP contribution in [0.2, 0.25) is 0 Å². The van der Waals surface area contributed by atoms with Gasteiger partial charge in [0.25, 0.3) is 5.91 Å². The van der Waals surface area contributed by atoms with Gasteiger partial charge in [-0.15, -0.1) is 0 Å². The lowest BCUT2D eigenvalue weighted by Gasteiger charge is -2.35. The van der Waals surface area contributed by atoms with Crippen molar-refractivity contribution in [1.82, 2.24) is 10.2 Å². The number of methoxy groups -OCH3 is 1. The second-order valence-electron chi connectivity index (χ2n) is 7.25. The number of carbonyl (C=O) groups excluding carboxylic acids is 2. The van der Waals surface area contributed by atoms with Crippen LogP contribution in [0, 0.1) is 0 Å². The van der Waals surface area contributed by atoms with E-state index in [1.807, 2.05) is 48.5 Å². The number of carbonyl (C=O) groups is 2. The van der Waals surface area contributed by atoms with E-state index in [-0.39, 0.29) is 18.4 Å². The van der Waals surface area contributed by atoms with Crippen LogP contribution in [-0.2, 0) is 4.79 Å². The maximum absolute atomic E-state index is 13.2. The van der Waals surface area contributed by atoms with Crippen LogP contribution < -0.4 is 15.0 Å². The van der Waals surface area contributed by atoms with E-state index < -0.39 is 0 Å². The van der Waals surface area contributed by atoms with Crippen LogP contribution in [0.15, 0.2) is 48.5 Å². The molecule has 2 aromatic rings. The SMILES string of the molecule is COc1cccc(N2CCN(C(=O)c3ccccc3C3CCNC3)CC2=O)c1. The smallest absolute Gasteiger partial charge is 0.254 e. The Hall–Kier alpha value is -2.86. The highest BCUT2D eigenvalue weighted by molar-refractivity contribution is 6.02. The second kappa shape index (κ2) is 8.02. The van der Waals surface area contributed by atoms with Crippen molar-refractivity contribution < 1.29 is 14.3 Å². The van der Waals surface area contributed by atoms with E-state index >= 15 is 0 Å². The average Bonchev–Trinajstić information content (AvgIpc) is 3.28. The number of ether oxygens (including phenoxy) is 1. The highest BCUT2D eigenvalue weighted by Crippen LogP contribution is 2.28. The normalized spacial score (nSPS) is 19.8. The zero-order valence-electron chi connectivity index (χ0n) is 16.1. The van der Waals surface area contributed by atoms with E-state index in [1.165, 1.54) is 0 Å². The molecule has 0 aromatic heterocycles. The Labute approximate surface area is 165 Å². The van der Waals surface area contributed by atoms with E-state index in [0.29, 0.717) is 24.8 Å². The van der Waals surface area contributed by atoms with Gasteiger partial charge >= 0.3 is 0 Å². The number of rotatable bonds is 4. The molecule has 0 spiro atoms. The molecule has 2 heterocycles. The van der Waals surface area contributed by atoms with Crippen LogP contribution in [0.5, 0.6) is 5.75 Å². The molecule has 1 N–H and O–H groups in total. The molecule has 0 radical (unpaired) electrons. The highest BCUT2D eigenvalue weighted by atomic mass is 16.5. The van der Waals surface area contributed by atoms with Gasteiger partial charge in [-0.1, -0.05) is 24.3 Å². The molecular formula is C22H25N3O3. The lowest BCUT2D eigenvalue weighted by atomic mass is 9.92. The molecule has 28 heavy (non-hydrogen) atoms. The van der Waals surface area contributed by atoms with Crippen molar-refractivity contribution in [1.29, 1.82) is 0 Å². The number of nitrogens with zero attached hydrogens (tertiary/aromatic N) is 2. The molecule has 6 nitrogen and oxygen atoms in total. The van der Waals surface area contributed by atoms with Crippen LogP contribution in [0.25, 0.3) is 0 Å². The van der Waals surface area contributed by atoms with Crippen molar-refractivity contribution >= 4 is 17.5 Å². The van der Waals surface area contributed by atoms with Crippen LogP contribution >= 0.6 is 0 Å². The summed E-state index contributed by atoms with van der Waals surface area (Å²) in [6, 6.07) is 15.3. The number of hydrogen-bond donors (Lipinski definition) is 1. The van der Waals surface area contributed by atoms with Crippen molar-refractivity contribution in [2.24, 2.45) is 0 Å². The zero-order valence-corrected chi connectivity index (χ0v) is 16.1. The van der Waals surface area contributed by atoms with E-state index in [1.54, 1.807) is 16.9 Å². The van der Waals surface area contributed by atoms with Gasteiger partial charge in [-0.25, -0.2) is 0 Å². The lowest BCUT2D eigenvalue weighted by molar-refractivity contribution is -0.120. The van der Waals surface area contributed by atoms with Gasteiger partial charge < -0.3 is 19.9 Å². The molecule has 6 heteroatoms. The minimum Gasteiger partial charge on any atom is -0.497 e. The summed E-state index contributed by atoms with van der Waals surface area (Å²) in [5, 5.41) is 3.36. The van der Waals surface area contributed by atoms with Crippen LogP contribution in [0.1, 0.15) is 28.3 Å². The third kappa shape index (κ3) is 3.60. The summed E-state index contributed by atoms with van der Waals surface area (Å²) in [7, 11) is 1.61. The van der Waals surface area contributed by atoms with E-state index in [4.69, 9.17) is 4.74 Å². The first-order valence-electron chi connectivity index (χ1n) is 9.70.